The van der Waals surface area contributed by atoms with E-state index in [0.717, 1.165) is 32.5 Å². The van der Waals surface area contributed by atoms with Crippen LogP contribution < -0.4 is 10.9 Å². The largest absolute Gasteiger partial charge is 0.363 e. The molecule has 1 aliphatic rings. The number of aryl methyl sites for hydroxylation is 1. The average Bonchev–Trinajstić information content (AvgIpc) is 2.81. The summed E-state index contributed by atoms with van der Waals surface area (Å²) in [7, 11) is 0. The fraction of sp³-hybridized carbons (Fsp3) is 0.360. The molecule has 0 radical (unpaired) electrons. The minimum atomic E-state index is -0.0318. The summed E-state index contributed by atoms with van der Waals surface area (Å²) >= 11 is 0. The van der Waals surface area contributed by atoms with Gasteiger partial charge >= 0.3 is 0 Å². The molecule has 2 aromatic carbocycles. The van der Waals surface area contributed by atoms with Crippen LogP contribution in [0, 0.1) is 0 Å². The third-order valence-electron chi connectivity index (χ3n) is 6.03. The molecule has 1 aromatic heterocycles. The van der Waals surface area contributed by atoms with Gasteiger partial charge in [0.25, 0.3) is 5.56 Å². The van der Waals surface area contributed by atoms with Gasteiger partial charge in [-0.25, -0.2) is 4.98 Å². The second-order valence-corrected chi connectivity index (χ2v) is 7.96. The van der Waals surface area contributed by atoms with E-state index in [2.05, 4.69) is 75.9 Å². The van der Waals surface area contributed by atoms with Crippen LogP contribution in [0.25, 0.3) is 0 Å². The van der Waals surface area contributed by atoms with Crippen LogP contribution in [0.5, 0.6) is 0 Å². The number of anilines is 1. The van der Waals surface area contributed by atoms with E-state index in [-0.39, 0.29) is 5.56 Å². The molecule has 5 heteroatoms. The molecule has 5 nitrogen and oxygen atoms in total. The second kappa shape index (κ2) is 9.72. The van der Waals surface area contributed by atoms with Crippen molar-refractivity contribution in [1.82, 2.24) is 14.5 Å². The maximum absolute atomic E-state index is 12.4. The number of hydrogen-bond acceptors (Lipinski definition) is 4. The third kappa shape index (κ3) is 4.79. The van der Waals surface area contributed by atoms with Gasteiger partial charge in [0.05, 0.1) is 0 Å². The number of benzene rings is 2. The van der Waals surface area contributed by atoms with Crippen LogP contribution in [-0.4, -0.2) is 40.1 Å². The lowest BCUT2D eigenvalue weighted by molar-refractivity contribution is 0.213. The van der Waals surface area contributed by atoms with Crippen LogP contribution in [0.4, 0.5) is 5.82 Å². The predicted octanol–water partition coefficient (Wildman–Crippen LogP) is 3.97. The molecule has 3 aromatic rings. The molecule has 1 fully saturated rings. The Kier molecular flexibility index (Phi) is 6.60. The van der Waals surface area contributed by atoms with Crippen LogP contribution in [-0.2, 0) is 6.54 Å². The number of likely N-dealkylation sites (tertiary alicyclic amines) is 1. The van der Waals surface area contributed by atoms with Crippen molar-refractivity contribution >= 4 is 5.82 Å². The Morgan fingerprint density at radius 2 is 1.60 bits per heavy atom. The van der Waals surface area contributed by atoms with Gasteiger partial charge in [0.15, 0.2) is 5.82 Å². The quantitative estimate of drug-likeness (QED) is 0.650. The lowest BCUT2D eigenvalue weighted by Gasteiger charge is -2.35. The molecular weight excluding hydrogens is 372 g/mol. The highest BCUT2D eigenvalue weighted by Gasteiger charge is 2.24. The molecule has 0 unspecified atom stereocenters. The monoisotopic (exact) mass is 402 g/mol. The molecule has 0 bridgehead atoms. The Labute approximate surface area is 178 Å². The van der Waals surface area contributed by atoms with Gasteiger partial charge in [-0.2, -0.15) is 0 Å². The Morgan fingerprint density at radius 1 is 1.00 bits per heavy atom. The van der Waals surface area contributed by atoms with Gasteiger partial charge in [-0.1, -0.05) is 60.7 Å². The number of hydrogen-bond donors (Lipinski definition) is 1. The van der Waals surface area contributed by atoms with Gasteiger partial charge in [-0.05, 0) is 30.9 Å². The maximum Gasteiger partial charge on any atom is 0.293 e. The van der Waals surface area contributed by atoms with Gasteiger partial charge in [0.2, 0.25) is 0 Å². The standard InChI is InChI=1S/C25H30N4O/c1-2-29-18-15-26-24(25(29)30)27-22-13-16-28(17-14-22)19-23(20-9-5-3-6-10-20)21-11-7-4-8-12-21/h3-12,15,18,22-23H,2,13-14,16-17,19H2,1H3,(H,26,27). The Hall–Kier alpha value is -2.92. The zero-order valence-corrected chi connectivity index (χ0v) is 17.6. The predicted molar refractivity (Wildman–Crippen MR) is 122 cm³/mol. The van der Waals surface area contributed by atoms with Crippen molar-refractivity contribution in [2.45, 2.75) is 38.3 Å². The smallest absolute Gasteiger partial charge is 0.293 e. The van der Waals surface area contributed by atoms with E-state index >= 15 is 0 Å². The number of aromatic nitrogens is 2. The molecule has 0 aliphatic carbocycles. The van der Waals surface area contributed by atoms with Gasteiger partial charge in [0, 0.05) is 50.5 Å². The van der Waals surface area contributed by atoms with Crippen molar-refractivity contribution in [1.29, 1.82) is 0 Å². The van der Waals surface area contributed by atoms with Crippen molar-refractivity contribution in [2.75, 3.05) is 25.0 Å². The molecule has 156 valence electrons. The van der Waals surface area contributed by atoms with Gasteiger partial charge in [0.1, 0.15) is 0 Å². The minimum absolute atomic E-state index is 0.0318. The van der Waals surface area contributed by atoms with E-state index in [9.17, 15) is 4.79 Å². The Morgan fingerprint density at radius 3 is 2.17 bits per heavy atom. The number of piperidine rings is 1. The van der Waals surface area contributed by atoms with Crippen molar-refractivity contribution in [3.63, 3.8) is 0 Å². The maximum atomic E-state index is 12.4. The molecule has 4 rings (SSSR count). The highest BCUT2D eigenvalue weighted by atomic mass is 16.1. The van der Waals surface area contributed by atoms with E-state index in [0.29, 0.717) is 24.3 Å². The molecule has 0 spiro atoms. The zero-order chi connectivity index (χ0) is 20.8. The van der Waals surface area contributed by atoms with Crippen molar-refractivity contribution in [2.24, 2.45) is 0 Å². The topological polar surface area (TPSA) is 50.2 Å². The first-order valence-electron chi connectivity index (χ1n) is 10.9. The zero-order valence-electron chi connectivity index (χ0n) is 17.6. The summed E-state index contributed by atoms with van der Waals surface area (Å²) in [6, 6.07) is 21.8. The van der Waals surface area contributed by atoms with E-state index in [1.165, 1.54) is 11.1 Å². The molecule has 1 saturated heterocycles. The molecule has 30 heavy (non-hydrogen) atoms. The summed E-state index contributed by atoms with van der Waals surface area (Å²) in [5.74, 6) is 0.841. The summed E-state index contributed by atoms with van der Waals surface area (Å²) in [6.45, 7) is 5.67. The summed E-state index contributed by atoms with van der Waals surface area (Å²) in [5, 5.41) is 3.39. The molecule has 0 saturated carbocycles. The van der Waals surface area contributed by atoms with Crippen LogP contribution in [0.3, 0.4) is 0 Å². The summed E-state index contributed by atoms with van der Waals surface area (Å²) in [4.78, 5) is 19.2. The van der Waals surface area contributed by atoms with Crippen LogP contribution in [0.2, 0.25) is 0 Å². The Balaban J connectivity index is 1.40. The van der Waals surface area contributed by atoms with E-state index in [1.54, 1.807) is 17.0 Å². The Bertz CT molecular complexity index is 939. The molecular formula is C25H30N4O. The summed E-state index contributed by atoms with van der Waals surface area (Å²) in [5.41, 5.74) is 2.69. The summed E-state index contributed by atoms with van der Waals surface area (Å²) in [6.07, 6.45) is 5.47. The van der Waals surface area contributed by atoms with E-state index < -0.39 is 0 Å². The highest BCUT2D eigenvalue weighted by molar-refractivity contribution is 5.34. The fourth-order valence-electron chi connectivity index (χ4n) is 4.28. The lowest BCUT2D eigenvalue weighted by atomic mass is 9.90. The first kappa shape index (κ1) is 20.4. The number of rotatable bonds is 7. The van der Waals surface area contributed by atoms with Crippen molar-refractivity contribution in [3.8, 4) is 0 Å². The fourth-order valence-corrected chi connectivity index (χ4v) is 4.28. The normalized spacial score (nSPS) is 15.4. The van der Waals surface area contributed by atoms with Gasteiger partial charge in [-0.3, -0.25) is 4.79 Å². The average molecular weight is 403 g/mol. The molecule has 1 N–H and O–H groups in total. The third-order valence-corrected chi connectivity index (χ3v) is 6.03. The molecule has 0 atom stereocenters. The van der Waals surface area contributed by atoms with E-state index in [1.807, 2.05) is 6.92 Å². The van der Waals surface area contributed by atoms with Crippen LogP contribution in [0.1, 0.15) is 36.8 Å². The minimum Gasteiger partial charge on any atom is -0.363 e. The van der Waals surface area contributed by atoms with Crippen LogP contribution in [0.15, 0.2) is 77.9 Å². The summed E-state index contributed by atoms with van der Waals surface area (Å²) < 4.78 is 1.69. The van der Waals surface area contributed by atoms with E-state index in [4.69, 9.17) is 0 Å². The number of nitrogens with one attached hydrogen (secondary N) is 1. The van der Waals surface area contributed by atoms with Crippen molar-refractivity contribution < 1.29 is 0 Å². The first-order valence-corrected chi connectivity index (χ1v) is 10.9. The molecule has 1 aliphatic heterocycles. The first-order chi connectivity index (χ1) is 14.7. The van der Waals surface area contributed by atoms with Crippen molar-refractivity contribution in [3.05, 3.63) is 94.5 Å². The molecule has 2 heterocycles. The second-order valence-electron chi connectivity index (χ2n) is 7.96. The van der Waals surface area contributed by atoms with Gasteiger partial charge in [-0.15, -0.1) is 0 Å². The SMILES string of the molecule is CCn1ccnc(NC2CCN(CC(c3ccccc3)c3ccccc3)CC2)c1=O. The number of nitrogens with zero attached hydrogens (tertiary/aromatic N) is 3. The highest BCUT2D eigenvalue weighted by Crippen LogP contribution is 2.27. The van der Waals surface area contributed by atoms with Gasteiger partial charge < -0.3 is 14.8 Å². The lowest BCUT2D eigenvalue weighted by Crippen LogP contribution is -2.42. The van der Waals surface area contributed by atoms with Crippen LogP contribution >= 0.6 is 0 Å². The molecule has 0 amide bonds.